The number of rotatable bonds is 3. The Balaban J connectivity index is 2.72. The number of carbonyl (C=O) groups is 1. The van der Waals surface area contributed by atoms with Crippen molar-refractivity contribution in [1.29, 1.82) is 0 Å². The SMILES string of the molecule is CCCC1CC(C(=O)O)C(C(F)(F)F)O1. The van der Waals surface area contributed by atoms with Gasteiger partial charge in [0.15, 0.2) is 6.10 Å². The molecule has 1 fully saturated rings. The second-order valence-electron chi connectivity index (χ2n) is 3.69. The van der Waals surface area contributed by atoms with E-state index >= 15 is 0 Å². The number of ether oxygens (including phenoxy) is 1. The maximum absolute atomic E-state index is 12.4. The molecule has 15 heavy (non-hydrogen) atoms. The summed E-state index contributed by atoms with van der Waals surface area (Å²) >= 11 is 0. The Labute approximate surface area is 85.2 Å². The summed E-state index contributed by atoms with van der Waals surface area (Å²) in [5, 5.41) is 8.65. The van der Waals surface area contributed by atoms with Gasteiger partial charge >= 0.3 is 12.1 Å². The third kappa shape index (κ3) is 2.84. The molecule has 0 aliphatic carbocycles. The summed E-state index contributed by atoms with van der Waals surface area (Å²) in [6.07, 6.45) is -6.22. The number of aliphatic carboxylic acids is 1. The molecular formula is C9H13F3O3. The van der Waals surface area contributed by atoms with E-state index in [0.717, 1.165) is 0 Å². The monoisotopic (exact) mass is 226 g/mol. The topological polar surface area (TPSA) is 46.5 Å². The molecule has 3 nitrogen and oxygen atoms in total. The van der Waals surface area contributed by atoms with Crippen molar-refractivity contribution >= 4 is 5.97 Å². The Hall–Kier alpha value is -0.780. The van der Waals surface area contributed by atoms with Gasteiger partial charge in [-0.1, -0.05) is 13.3 Å². The lowest BCUT2D eigenvalue weighted by atomic mass is 9.98. The van der Waals surface area contributed by atoms with Crippen LogP contribution in [-0.2, 0) is 9.53 Å². The minimum Gasteiger partial charge on any atom is -0.481 e. The van der Waals surface area contributed by atoms with Crippen molar-refractivity contribution in [2.75, 3.05) is 0 Å². The Bertz CT molecular complexity index is 239. The first kappa shape index (κ1) is 12.3. The highest BCUT2D eigenvalue weighted by atomic mass is 19.4. The fraction of sp³-hybridized carbons (Fsp3) is 0.889. The molecule has 1 heterocycles. The Kier molecular flexibility index (Phi) is 3.59. The molecule has 6 heteroatoms. The van der Waals surface area contributed by atoms with Gasteiger partial charge in [0, 0.05) is 0 Å². The molecule has 1 rings (SSSR count). The lowest BCUT2D eigenvalue weighted by molar-refractivity contribution is -0.226. The van der Waals surface area contributed by atoms with Gasteiger partial charge in [0.2, 0.25) is 0 Å². The Morgan fingerprint density at radius 2 is 2.13 bits per heavy atom. The van der Waals surface area contributed by atoms with Gasteiger partial charge in [0.05, 0.1) is 12.0 Å². The average molecular weight is 226 g/mol. The van der Waals surface area contributed by atoms with Gasteiger partial charge in [-0.2, -0.15) is 13.2 Å². The quantitative estimate of drug-likeness (QED) is 0.802. The summed E-state index contributed by atoms with van der Waals surface area (Å²) in [5.74, 6) is -2.89. The molecule has 3 unspecified atom stereocenters. The highest BCUT2D eigenvalue weighted by molar-refractivity contribution is 5.71. The van der Waals surface area contributed by atoms with Gasteiger partial charge < -0.3 is 9.84 Å². The van der Waals surface area contributed by atoms with E-state index in [1.54, 1.807) is 0 Å². The summed E-state index contributed by atoms with van der Waals surface area (Å²) < 4.78 is 41.9. The largest absolute Gasteiger partial charge is 0.481 e. The van der Waals surface area contributed by atoms with Gasteiger partial charge in [-0.25, -0.2) is 0 Å². The lowest BCUT2D eigenvalue weighted by Gasteiger charge is -2.18. The maximum Gasteiger partial charge on any atom is 0.415 e. The smallest absolute Gasteiger partial charge is 0.415 e. The van der Waals surface area contributed by atoms with E-state index in [1.807, 2.05) is 6.92 Å². The molecule has 0 aromatic heterocycles. The van der Waals surface area contributed by atoms with E-state index in [4.69, 9.17) is 9.84 Å². The summed E-state index contributed by atoms with van der Waals surface area (Å²) in [6, 6.07) is 0. The zero-order valence-electron chi connectivity index (χ0n) is 8.25. The second-order valence-corrected chi connectivity index (χ2v) is 3.69. The van der Waals surface area contributed by atoms with Crippen molar-refractivity contribution in [2.45, 2.75) is 44.6 Å². The van der Waals surface area contributed by atoms with E-state index in [0.29, 0.717) is 12.8 Å². The van der Waals surface area contributed by atoms with Crippen LogP contribution in [0, 0.1) is 5.92 Å². The zero-order valence-corrected chi connectivity index (χ0v) is 8.25. The van der Waals surface area contributed by atoms with Crippen molar-refractivity contribution in [2.24, 2.45) is 5.92 Å². The van der Waals surface area contributed by atoms with E-state index in [9.17, 15) is 18.0 Å². The third-order valence-corrected chi connectivity index (χ3v) is 2.47. The molecule has 1 aliphatic rings. The minimum atomic E-state index is -4.59. The van der Waals surface area contributed by atoms with Gasteiger partial charge in [-0.05, 0) is 12.8 Å². The lowest BCUT2D eigenvalue weighted by Crippen LogP contribution is -2.37. The van der Waals surface area contributed by atoms with Gasteiger partial charge in [-0.3, -0.25) is 4.79 Å². The van der Waals surface area contributed by atoms with Gasteiger partial charge in [0.25, 0.3) is 0 Å². The van der Waals surface area contributed by atoms with Gasteiger partial charge in [0.1, 0.15) is 0 Å². The standard InChI is InChI=1S/C9H13F3O3/c1-2-3-5-4-6(8(13)14)7(15-5)9(10,11)12/h5-7H,2-4H2,1H3,(H,13,14). The third-order valence-electron chi connectivity index (χ3n) is 2.47. The van der Waals surface area contributed by atoms with Crippen LogP contribution in [0.2, 0.25) is 0 Å². The molecule has 0 aromatic rings. The molecular weight excluding hydrogens is 213 g/mol. The maximum atomic E-state index is 12.4. The Morgan fingerprint density at radius 3 is 2.47 bits per heavy atom. The van der Waals surface area contributed by atoms with Crippen molar-refractivity contribution in [3.05, 3.63) is 0 Å². The van der Waals surface area contributed by atoms with Crippen molar-refractivity contribution in [3.63, 3.8) is 0 Å². The van der Waals surface area contributed by atoms with Crippen LogP contribution in [-0.4, -0.2) is 29.5 Å². The molecule has 0 radical (unpaired) electrons. The molecule has 0 spiro atoms. The second kappa shape index (κ2) is 4.38. The fourth-order valence-corrected chi connectivity index (χ4v) is 1.81. The molecule has 0 aromatic carbocycles. The molecule has 88 valence electrons. The number of carboxylic acid groups (broad SMARTS) is 1. The van der Waals surface area contributed by atoms with Crippen LogP contribution in [0.3, 0.4) is 0 Å². The normalized spacial score (nSPS) is 31.9. The summed E-state index contributed by atoms with van der Waals surface area (Å²) in [6.45, 7) is 1.82. The molecule has 0 amide bonds. The first-order chi connectivity index (χ1) is 6.86. The predicted octanol–water partition coefficient (Wildman–Crippen LogP) is 2.21. The molecule has 0 saturated carbocycles. The van der Waals surface area contributed by atoms with E-state index in [1.165, 1.54) is 0 Å². The van der Waals surface area contributed by atoms with Crippen LogP contribution in [0.25, 0.3) is 0 Å². The first-order valence-corrected chi connectivity index (χ1v) is 4.81. The summed E-state index contributed by atoms with van der Waals surface area (Å²) in [7, 11) is 0. The van der Waals surface area contributed by atoms with E-state index < -0.39 is 30.3 Å². The van der Waals surface area contributed by atoms with Crippen LogP contribution in [0.4, 0.5) is 13.2 Å². The first-order valence-electron chi connectivity index (χ1n) is 4.81. The van der Waals surface area contributed by atoms with Crippen LogP contribution in [0.5, 0.6) is 0 Å². The number of alkyl halides is 3. The molecule has 1 aliphatic heterocycles. The average Bonchev–Trinajstić information content (AvgIpc) is 2.48. The molecule has 1 saturated heterocycles. The highest BCUT2D eigenvalue weighted by Crippen LogP contribution is 2.38. The molecule has 0 bridgehead atoms. The van der Waals surface area contributed by atoms with Crippen molar-refractivity contribution in [3.8, 4) is 0 Å². The fourth-order valence-electron chi connectivity index (χ4n) is 1.81. The predicted molar refractivity (Wildman–Crippen MR) is 45.4 cm³/mol. The zero-order chi connectivity index (χ0) is 11.6. The number of hydrogen-bond acceptors (Lipinski definition) is 2. The van der Waals surface area contributed by atoms with Crippen molar-refractivity contribution in [1.82, 2.24) is 0 Å². The van der Waals surface area contributed by atoms with Crippen LogP contribution in [0.15, 0.2) is 0 Å². The van der Waals surface area contributed by atoms with Crippen LogP contribution < -0.4 is 0 Å². The summed E-state index contributed by atoms with van der Waals surface area (Å²) in [4.78, 5) is 10.6. The molecule has 1 N–H and O–H groups in total. The number of halogens is 3. The van der Waals surface area contributed by atoms with Gasteiger partial charge in [-0.15, -0.1) is 0 Å². The summed E-state index contributed by atoms with van der Waals surface area (Å²) in [5.41, 5.74) is 0. The van der Waals surface area contributed by atoms with Crippen LogP contribution in [0.1, 0.15) is 26.2 Å². The van der Waals surface area contributed by atoms with Crippen LogP contribution >= 0.6 is 0 Å². The highest BCUT2D eigenvalue weighted by Gasteiger charge is 2.54. The van der Waals surface area contributed by atoms with E-state index in [2.05, 4.69) is 0 Å². The minimum absolute atomic E-state index is 0.0483. The Morgan fingerprint density at radius 1 is 1.53 bits per heavy atom. The molecule has 3 atom stereocenters. The van der Waals surface area contributed by atoms with Crippen molar-refractivity contribution < 1.29 is 27.8 Å². The number of hydrogen-bond donors (Lipinski definition) is 1. The van der Waals surface area contributed by atoms with E-state index in [-0.39, 0.29) is 6.42 Å². The number of carboxylic acids is 1.